The maximum Gasteiger partial charge on any atom is 0.298 e. The number of nitrogens with one attached hydrogen (secondary N) is 1. The summed E-state index contributed by atoms with van der Waals surface area (Å²) in [6.07, 6.45) is 1.55. The summed E-state index contributed by atoms with van der Waals surface area (Å²) >= 11 is 6.83. The standard InChI is InChI=1S/C26H21ClN2O5S/c1-16-9-11-19(12-10-16)28-23(30)15-34-24-17(5-3-8-21(24)33-2)13-22-25(31)29(26(32)35-22)20-7-4-6-18(27)14-20/h3-14H,15H2,1-2H3,(H,28,30)/b22-13+. The SMILES string of the molecule is COc1cccc(/C=C2/SC(=O)N(c3cccc(Cl)c3)C2=O)c1OCC(=O)Nc1ccc(C)cc1. The summed E-state index contributed by atoms with van der Waals surface area (Å²) in [6, 6.07) is 19.0. The number of para-hydroxylation sites is 1. The van der Waals surface area contributed by atoms with Crippen molar-refractivity contribution in [3.63, 3.8) is 0 Å². The number of amides is 3. The van der Waals surface area contributed by atoms with Crippen LogP contribution in [0.3, 0.4) is 0 Å². The van der Waals surface area contributed by atoms with Gasteiger partial charge in [0.25, 0.3) is 17.1 Å². The number of aryl methyl sites for hydroxylation is 1. The van der Waals surface area contributed by atoms with E-state index in [1.165, 1.54) is 7.11 Å². The van der Waals surface area contributed by atoms with Gasteiger partial charge in [0.2, 0.25) is 0 Å². The van der Waals surface area contributed by atoms with Crippen LogP contribution in [0.5, 0.6) is 11.5 Å². The fraction of sp³-hybridized carbons (Fsp3) is 0.115. The lowest BCUT2D eigenvalue weighted by atomic mass is 10.1. The number of imide groups is 1. The van der Waals surface area contributed by atoms with E-state index in [2.05, 4.69) is 5.32 Å². The summed E-state index contributed by atoms with van der Waals surface area (Å²) in [5.41, 5.74) is 2.61. The van der Waals surface area contributed by atoms with E-state index in [9.17, 15) is 14.4 Å². The van der Waals surface area contributed by atoms with Gasteiger partial charge < -0.3 is 14.8 Å². The van der Waals surface area contributed by atoms with Crippen molar-refractivity contribution in [2.75, 3.05) is 23.9 Å². The number of anilines is 2. The van der Waals surface area contributed by atoms with Gasteiger partial charge in [-0.05, 0) is 61.2 Å². The van der Waals surface area contributed by atoms with Crippen LogP contribution in [0.1, 0.15) is 11.1 Å². The quantitative estimate of drug-likeness (QED) is 0.399. The molecule has 3 aromatic carbocycles. The van der Waals surface area contributed by atoms with E-state index < -0.39 is 11.1 Å². The number of methoxy groups -OCH3 is 1. The van der Waals surface area contributed by atoms with Crippen molar-refractivity contribution in [1.29, 1.82) is 0 Å². The van der Waals surface area contributed by atoms with Gasteiger partial charge in [-0.15, -0.1) is 0 Å². The van der Waals surface area contributed by atoms with Crippen LogP contribution in [0.4, 0.5) is 16.2 Å². The summed E-state index contributed by atoms with van der Waals surface area (Å²) in [6.45, 7) is 1.68. The number of rotatable bonds is 7. The first-order valence-corrected chi connectivity index (χ1v) is 11.7. The molecule has 1 aliphatic heterocycles. The minimum Gasteiger partial charge on any atom is -0.493 e. The maximum absolute atomic E-state index is 13.0. The Labute approximate surface area is 211 Å². The number of nitrogens with zero attached hydrogens (tertiary/aromatic N) is 1. The normalized spacial score (nSPS) is 14.4. The molecule has 1 heterocycles. The van der Waals surface area contributed by atoms with E-state index in [1.807, 2.05) is 19.1 Å². The third kappa shape index (κ3) is 5.67. The van der Waals surface area contributed by atoms with Gasteiger partial charge in [-0.25, -0.2) is 4.90 Å². The van der Waals surface area contributed by atoms with Crippen LogP contribution >= 0.6 is 23.4 Å². The third-order valence-electron chi connectivity index (χ3n) is 5.06. The number of hydrogen-bond donors (Lipinski definition) is 1. The molecule has 3 aromatic rings. The van der Waals surface area contributed by atoms with Gasteiger partial charge in [0.15, 0.2) is 18.1 Å². The number of carbonyl (C=O) groups excluding carboxylic acids is 3. The molecule has 9 heteroatoms. The van der Waals surface area contributed by atoms with Crippen molar-refractivity contribution >= 4 is 57.9 Å². The Balaban J connectivity index is 1.55. The van der Waals surface area contributed by atoms with Crippen LogP contribution in [0.15, 0.2) is 71.6 Å². The second-order valence-electron chi connectivity index (χ2n) is 7.58. The monoisotopic (exact) mass is 508 g/mol. The molecule has 0 atom stereocenters. The van der Waals surface area contributed by atoms with Crippen molar-refractivity contribution < 1.29 is 23.9 Å². The van der Waals surface area contributed by atoms with Gasteiger partial charge >= 0.3 is 0 Å². The van der Waals surface area contributed by atoms with E-state index in [0.29, 0.717) is 27.7 Å². The second kappa shape index (κ2) is 10.7. The summed E-state index contributed by atoms with van der Waals surface area (Å²) in [5, 5.41) is 2.75. The number of ether oxygens (including phenoxy) is 2. The van der Waals surface area contributed by atoms with Crippen LogP contribution in [0, 0.1) is 6.92 Å². The molecule has 35 heavy (non-hydrogen) atoms. The van der Waals surface area contributed by atoms with Crippen LogP contribution in [0.2, 0.25) is 5.02 Å². The molecular formula is C26H21ClN2O5S. The zero-order valence-corrected chi connectivity index (χ0v) is 20.5. The maximum atomic E-state index is 13.0. The predicted octanol–water partition coefficient (Wildman–Crippen LogP) is 5.92. The molecule has 1 fully saturated rings. The Kier molecular flexibility index (Phi) is 7.43. The molecule has 1 saturated heterocycles. The van der Waals surface area contributed by atoms with Gasteiger partial charge in [-0.1, -0.05) is 47.5 Å². The molecule has 3 amide bonds. The predicted molar refractivity (Wildman–Crippen MR) is 138 cm³/mol. The highest BCUT2D eigenvalue weighted by Gasteiger charge is 2.36. The molecule has 4 rings (SSSR count). The molecule has 0 aromatic heterocycles. The highest BCUT2D eigenvalue weighted by Crippen LogP contribution is 2.39. The smallest absolute Gasteiger partial charge is 0.298 e. The van der Waals surface area contributed by atoms with Gasteiger partial charge in [-0.3, -0.25) is 14.4 Å². The highest BCUT2D eigenvalue weighted by atomic mass is 35.5. The molecule has 1 N–H and O–H groups in total. The van der Waals surface area contributed by atoms with Gasteiger partial charge in [0.05, 0.1) is 17.7 Å². The van der Waals surface area contributed by atoms with Crippen molar-refractivity contribution in [1.82, 2.24) is 0 Å². The summed E-state index contributed by atoms with van der Waals surface area (Å²) < 4.78 is 11.2. The van der Waals surface area contributed by atoms with Crippen molar-refractivity contribution in [3.8, 4) is 11.5 Å². The molecular weight excluding hydrogens is 488 g/mol. The number of thioether (sulfide) groups is 1. The molecule has 0 bridgehead atoms. The molecule has 0 spiro atoms. The molecule has 178 valence electrons. The number of carbonyl (C=O) groups is 3. The first kappa shape index (κ1) is 24.4. The Morgan fingerprint density at radius 3 is 2.54 bits per heavy atom. The van der Waals surface area contributed by atoms with E-state index in [-0.39, 0.29) is 23.2 Å². The minimum atomic E-state index is -0.479. The van der Waals surface area contributed by atoms with Crippen LogP contribution in [-0.2, 0) is 9.59 Å². The fourth-order valence-corrected chi connectivity index (χ4v) is 4.40. The molecule has 0 radical (unpaired) electrons. The Morgan fingerprint density at radius 2 is 1.83 bits per heavy atom. The van der Waals surface area contributed by atoms with Crippen molar-refractivity contribution in [2.24, 2.45) is 0 Å². The Hall–Kier alpha value is -3.75. The van der Waals surface area contributed by atoms with Gasteiger partial charge in [0.1, 0.15) is 0 Å². The van der Waals surface area contributed by atoms with Crippen LogP contribution < -0.4 is 19.7 Å². The number of hydrogen-bond acceptors (Lipinski definition) is 6. The Morgan fingerprint density at radius 1 is 1.09 bits per heavy atom. The van der Waals surface area contributed by atoms with E-state index in [0.717, 1.165) is 22.2 Å². The minimum absolute atomic E-state index is 0.206. The van der Waals surface area contributed by atoms with E-state index in [1.54, 1.807) is 60.7 Å². The zero-order valence-electron chi connectivity index (χ0n) is 18.9. The largest absolute Gasteiger partial charge is 0.493 e. The first-order chi connectivity index (χ1) is 16.9. The van der Waals surface area contributed by atoms with Gasteiger partial charge in [0, 0.05) is 16.3 Å². The van der Waals surface area contributed by atoms with E-state index in [4.69, 9.17) is 21.1 Å². The topological polar surface area (TPSA) is 84.9 Å². The number of halogens is 1. The summed E-state index contributed by atoms with van der Waals surface area (Å²) in [7, 11) is 1.48. The van der Waals surface area contributed by atoms with E-state index >= 15 is 0 Å². The van der Waals surface area contributed by atoms with Gasteiger partial charge in [-0.2, -0.15) is 0 Å². The van der Waals surface area contributed by atoms with Crippen molar-refractivity contribution in [2.45, 2.75) is 6.92 Å². The summed E-state index contributed by atoms with van der Waals surface area (Å²) in [4.78, 5) is 39.3. The fourth-order valence-electron chi connectivity index (χ4n) is 3.38. The highest BCUT2D eigenvalue weighted by molar-refractivity contribution is 8.19. The lowest BCUT2D eigenvalue weighted by molar-refractivity contribution is -0.118. The molecule has 7 nitrogen and oxygen atoms in total. The molecule has 0 aliphatic carbocycles. The zero-order chi connectivity index (χ0) is 24.9. The number of benzene rings is 3. The third-order valence-corrected chi connectivity index (χ3v) is 6.16. The van der Waals surface area contributed by atoms with Crippen molar-refractivity contribution in [3.05, 3.63) is 87.8 Å². The Bertz CT molecular complexity index is 1320. The molecule has 1 aliphatic rings. The summed E-state index contributed by atoms with van der Waals surface area (Å²) in [5.74, 6) is -0.167. The van der Waals surface area contributed by atoms with Crippen LogP contribution in [0.25, 0.3) is 6.08 Å². The average molecular weight is 509 g/mol. The van der Waals surface area contributed by atoms with Crippen LogP contribution in [-0.4, -0.2) is 30.8 Å². The first-order valence-electron chi connectivity index (χ1n) is 10.6. The second-order valence-corrected chi connectivity index (χ2v) is 9.01. The lowest BCUT2D eigenvalue weighted by Gasteiger charge is -2.14. The molecule has 0 unspecified atom stereocenters. The lowest BCUT2D eigenvalue weighted by Crippen LogP contribution is -2.27. The average Bonchev–Trinajstić information content (AvgIpc) is 3.12. The molecule has 0 saturated carbocycles.